The molecule has 0 aliphatic carbocycles. The Kier molecular flexibility index (Phi) is 1.11. The molecule has 0 aromatic carbocycles. The van der Waals surface area contributed by atoms with Gasteiger partial charge >= 0.3 is 0 Å². The number of rotatable bonds is 1. The summed E-state index contributed by atoms with van der Waals surface area (Å²) in [6, 6.07) is 0. The van der Waals surface area contributed by atoms with Crippen molar-refractivity contribution in [2.24, 2.45) is 0 Å². The highest BCUT2D eigenvalue weighted by molar-refractivity contribution is 5.58. The third kappa shape index (κ3) is 0.800. The summed E-state index contributed by atoms with van der Waals surface area (Å²) in [4.78, 5) is 9.68. The summed E-state index contributed by atoms with van der Waals surface area (Å²) < 4.78 is 4.86. The van der Waals surface area contributed by atoms with Gasteiger partial charge in [-0.2, -0.15) is 0 Å². The van der Waals surface area contributed by atoms with Crippen LogP contribution in [0.15, 0.2) is 0 Å². The van der Waals surface area contributed by atoms with Gasteiger partial charge in [-0.3, -0.25) is 4.79 Å². The zero-order valence-electron chi connectivity index (χ0n) is 4.18. The van der Waals surface area contributed by atoms with E-state index in [0.717, 1.165) is 6.42 Å². The van der Waals surface area contributed by atoms with Gasteiger partial charge in [0.2, 0.25) is 6.29 Å². The molecule has 1 heterocycles. The number of hydrogen-bond donors (Lipinski definition) is 0. The van der Waals surface area contributed by atoms with Gasteiger partial charge in [0, 0.05) is 6.42 Å². The monoisotopic (exact) mass is 99.0 g/mol. The minimum atomic E-state index is -0.213. The van der Waals surface area contributed by atoms with Gasteiger partial charge in [-0.25, -0.2) is 0 Å². The van der Waals surface area contributed by atoms with Gasteiger partial charge in [-0.05, 0) is 6.92 Å². The van der Waals surface area contributed by atoms with Crippen LogP contribution in [0.5, 0.6) is 0 Å². The predicted molar refractivity (Wildman–Crippen MR) is 24.6 cm³/mol. The minimum absolute atomic E-state index is 0.213. The fourth-order valence-electron chi connectivity index (χ4n) is 0.647. The van der Waals surface area contributed by atoms with Crippen molar-refractivity contribution in [1.29, 1.82) is 0 Å². The van der Waals surface area contributed by atoms with E-state index in [2.05, 4.69) is 0 Å². The standard InChI is InChI=1S/C5H7O2/c1-4-2-5(3-6)7-4/h4-5H,2H2,1H3. The first-order valence-corrected chi connectivity index (χ1v) is 2.36. The molecule has 1 radical (unpaired) electrons. The smallest absolute Gasteiger partial charge is 0.229 e. The van der Waals surface area contributed by atoms with Crippen molar-refractivity contribution in [2.45, 2.75) is 25.6 Å². The fourth-order valence-corrected chi connectivity index (χ4v) is 0.647. The zero-order valence-corrected chi connectivity index (χ0v) is 4.18. The molecule has 0 aromatic heterocycles. The first kappa shape index (κ1) is 4.78. The van der Waals surface area contributed by atoms with Crippen LogP contribution in [0.4, 0.5) is 0 Å². The van der Waals surface area contributed by atoms with Crippen molar-refractivity contribution in [3.05, 3.63) is 0 Å². The molecule has 7 heavy (non-hydrogen) atoms. The maximum atomic E-state index is 9.68. The van der Waals surface area contributed by atoms with E-state index in [1.807, 2.05) is 6.92 Å². The Balaban J connectivity index is 2.17. The van der Waals surface area contributed by atoms with Crippen LogP contribution in [0, 0.1) is 0 Å². The lowest BCUT2D eigenvalue weighted by Crippen LogP contribution is -2.35. The molecule has 1 aliphatic heterocycles. The fraction of sp³-hybridized carbons (Fsp3) is 0.800. The Morgan fingerprint density at radius 1 is 1.86 bits per heavy atom. The molecule has 0 spiro atoms. The van der Waals surface area contributed by atoms with Crippen molar-refractivity contribution < 1.29 is 9.53 Å². The van der Waals surface area contributed by atoms with E-state index in [1.54, 1.807) is 6.29 Å². The molecule has 0 saturated carbocycles. The molecule has 2 atom stereocenters. The van der Waals surface area contributed by atoms with E-state index >= 15 is 0 Å². The van der Waals surface area contributed by atoms with Gasteiger partial charge in [0.05, 0.1) is 6.10 Å². The van der Waals surface area contributed by atoms with Crippen LogP contribution >= 0.6 is 0 Å². The molecule has 2 unspecified atom stereocenters. The molecule has 1 saturated heterocycles. The third-order valence-corrected chi connectivity index (χ3v) is 1.07. The highest BCUT2D eigenvalue weighted by Gasteiger charge is 2.25. The molecule has 0 bridgehead atoms. The van der Waals surface area contributed by atoms with Crippen molar-refractivity contribution in [2.75, 3.05) is 0 Å². The van der Waals surface area contributed by atoms with Crippen molar-refractivity contribution in [3.63, 3.8) is 0 Å². The Morgan fingerprint density at radius 3 is 2.57 bits per heavy atom. The maximum absolute atomic E-state index is 9.68. The molecule has 2 heteroatoms. The average molecular weight is 99.1 g/mol. The van der Waals surface area contributed by atoms with Crippen LogP contribution in [-0.4, -0.2) is 18.5 Å². The normalized spacial score (nSPS) is 39.6. The predicted octanol–water partition coefficient (Wildman–Crippen LogP) is 0.273. The number of ether oxygens (including phenoxy) is 1. The van der Waals surface area contributed by atoms with Gasteiger partial charge in [0.1, 0.15) is 6.10 Å². The lowest BCUT2D eigenvalue weighted by Gasteiger charge is -2.28. The minimum Gasteiger partial charge on any atom is -0.367 e. The van der Waals surface area contributed by atoms with Gasteiger partial charge in [0.25, 0.3) is 0 Å². The van der Waals surface area contributed by atoms with Crippen LogP contribution in [0.1, 0.15) is 13.3 Å². The van der Waals surface area contributed by atoms with E-state index < -0.39 is 0 Å². The molecule has 1 aliphatic rings. The molecule has 1 rings (SSSR count). The zero-order chi connectivity index (χ0) is 5.28. The van der Waals surface area contributed by atoms with Gasteiger partial charge in [0.15, 0.2) is 0 Å². The molecule has 2 nitrogen and oxygen atoms in total. The van der Waals surface area contributed by atoms with E-state index in [4.69, 9.17) is 4.74 Å². The average Bonchev–Trinajstić information content (AvgIpc) is 1.58. The Bertz CT molecular complexity index is 74.1. The second-order valence-electron chi connectivity index (χ2n) is 1.79. The third-order valence-electron chi connectivity index (χ3n) is 1.07. The summed E-state index contributed by atoms with van der Waals surface area (Å²) >= 11 is 0. The van der Waals surface area contributed by atoms with Crippen LogP contribution in [0.25, 0.3) is 0 Å². The second kappa shape index (κ2) is 1.62. The summed E-state index contributed by atoms with van der Waals surface area (Å²) in [5.74, 6) is 0. The first-order chi connectivity index (χ1) is 3.33. The molecule has 0 amide bonds. The topological polar surface area (TPSA) is 26.3 Å². The van der Waals surface area contributed by atoms with Crippen molar-refractivity contribution in [3.8, 4) is 0 Å². The first-order valence-electron chi connectivity index (χ1n) is 2.36. The highest BCUT2D eigenvalue weighted by Crippen LogP contribution is 2.16. The summed E-state index contributed by atoms with van der Waals surface area (Å²) in [5.41, 5.74) is 0. The maximum Gasteiger partial charge on any atom is 0.229 e. The summed E-state index contributed by atoms with van der Waals surface area (Å²) in [5, 5.41) is 0. The largest absolute Gasteiger partial charge is 0.367 e. The van der Waals surface area contributed by atoms with E-state index in [-0.39, 0.29) is 12.2 Å². The highest BCUT2D eigenvalue weighted by atomic mass is 16.5. The number of carbonyl (C=O) groups excluding carboxylic acids is 1. The van der Waals surface area contributed by atoms with E-state index in [1.165, 1.54) is 0 Å². The quantitative estimate of drug-likeness (QED) is 0.471. The molecular weight excluding hydrogens is 92.1 g/mol. The molecular formula is C5H7O2. The Morgan fingerprint density at radius 2 is 2.43 bits per heavy atom. The molecule has 0 N–H and O–H groups in total. The molecule has 0 aromatic rings. The molecule has 39 valence electrons. The summed E-state index contributed by atoms with van der Waals surface area (Å²) in [6.07, 6.45) is 2.68. The van der Waals surface area contributed by atoms with E-state index in [0.29, 0.717) is 0 Å². The molecule has 1 fully saturated rings. The van der Waals surface area contributed by atoms with Crippen LogP contribution in [0.2, 0.25) is 0 Å². The van der Waals surface area contributed by atoms with Gasteiger partial charge in [-0.1, -0.05) is 0 Å². The Hall–Kier alpha value is -0.370. The SMILES string of the molecule is CC1CC([C]=O)O1. The Labute approximate surface area is 42.5 Å². The summed E-state index contributed by atoms with van der Waals surface area (Å²) in [6.45, 7) is 1.94. The van der Waals surface area contributed by atoms with Crippen LogP contribution in [0.3, 0.4) is 0 Å². The van der Waals surface area contributed by atoms with Crippen LogP contribution < -0.4 is 0 Å². The van der Waals surface area contributed by atoms with Crippen molar-refractivity contribution >= 4 is 6.29 Å². The van der Waals surface area contributed by atoms with Crippen molar-refractivity contribution in [1.82, 2.24) is 0 Å². The lowest BCUT2D eigenvalue weighted by molar-refractivity contribution is -0.0751. The summed E-state index contributed by atoms with van der Waals surface area (Å²) in [7, 11) is 0. The number of hydrogen-bond acceptors (Lipinski definition) is 2. The van der Waals surface area contributed by atoms with Crippen LogP contribution in [-0.2, 0) is 9.53 Å². The van der Waals surface area contributed by atoms with E-state index in [9.17, 15) is 4.79 Å². The lowest BCUT2D eigenvalue weighted by atomic mass is 10.1. The van der Waals surface area contributed by atoms with Gasteiger partial charge in [-0.15, -0.1) is 0 Å². The van der Waals surface area contributed by atoms with Gasteiger partial charge < -0.3 is 4.74 Å². The second-order valence-corrected chi connectivity index (χ2v) is 1.79.